The maximum atomic E-state index is 5.67. The third-order valence-electron chi connectivity index (χ3n) is 5.18. The quantitative estimate of drug-likeness (QED) is 0.614. The Kier molecular flexibility index (Phi) is 7.12. The molecule has 1 unspecified atom stereocenters. The van der Waals surface area contributed by atoms with Crippen molar-refractivity contribution in [3.05, 3.63) is 35.9 Å². The summed E-state index contributed by atoms with van der Waals surface area (Å²) in [6.07, 6.45) is 6.24. The number of hydrogen-bond acceptors (Lipinski definition) is 3. The predicted octanol–water partition coefficient (Wildman–Crippen LogP) is 2.39. The molecule has 1 aromatic rings. The first-order valence-corrected chi connectivity index (χ1v) is 9.68. The lowest BCUT2D eigenvalue weighted by atomic mass is 10.0. The maximum absolute atomic E-state index is 5.67. The van der Waals surface area contributed by atoms with Crippen LogP contribution in [0.1, 0.15) is 37.7 Å². The van der Waals surface area contributed by atoms with E-state index in [0.29, 0.717) is 12.1 Å². The van der Waals surface area contributed by atoms with Gasteiger partial charge in [0.15, 0.2) is 5.96 Å². The normalized spacial score (nSPS) is 22.9. The van der Waals surface area contributed by atoms with E-state index in [2.05, 4.69) is 50.9 Å². The summed E-state index contributed by atoms with van der Waals surface area (Å²) in [5.41, 5.74) is 1.40. The molecule has 0 aromatic heterocycles. The lowest BCUT2D eigenvalue weighted by Crippen LogP contribution is -2.48. The average Bonchev–Trinajstić information content (AvgIpc) is 3.17. The third-order valence-corrected chi connectivity index (χ3v) is 5.18. The van der Waals surface area contributed by atoms with E-state index >= 15 is 0 Å². The van der Waals surface area contributed by atoms with E-state index < -0.39 is 0 Å². The fraction of sp³-hybridized carbons (Fsp3) is 0.650. The molecule has 2 N–H and O–H groups in total. The first kappa shape index (κ1) is 18.2. The van der Waals surface area contributed by atoms with Gasteiger partial charge in [0.2, 0.25) is 0 Å². The van der Waals surface area contributed by atoms with Crippen LogP contribution >= 0.6 is 0 Å². The van der Waals surface area contributed by atoms with Crippen molar-refractivity contribution in [2.45, 2.75) is 50.8 Å². The molecule has 0 bridgehead atoms. The number of nitrogens with one attached hydrogen (secondary N) is 2. The van der Waals surface area contributed by atoms with Crippen LogP contribution in [0.25, 0.3) is 0 Å². The molecule has 0 spiro atoms. The summed E-state index contributed by atoms with van der Waals surface area (Å²) in [6.45, 7) is 5.19. The molecule has 2 saturated heterocycles. The van der Waals surface area contributed by atoms with Crippen molar-refractivity contribution >= 4 is 5.96 Å². The zero-order valence-electron chi connectivity index (χ0n) is 15.4. The van der Waals surface area contributed by atoms with Crippen LogP contribution in [0.15, 0.2) is 35.3 Å². The number of aliphatic imine (C=N–C) groups is 1. The second-order valence-electron chi connectivity index (χ2n) is 7.10. The molecule has 5 heteroatoms. The molecule has 0 aliphatic carbocycles. The first-order chi connectivity index (χ1) is 12.3. The number of piperidine rings is 1. The van der Waals surface area contributed by atoms with E-state index in [4.69, 9.17) is 4.74 Å². The molecule has 0 radical (unpaired) electrons. The van der Waals surface area contributed by atoms with Gasteiger partial charge in [-0.1, -0.05) is 30.3 Å². The van der Waals surface area contributed by atoms with Crippen molar-refractivity contribution < 1.29 is 4.74 Å². The molecule has 2 fully saturated rings. The van der Waals surface area contributed by atoms with Gasteiger partial charge in [0, 0.05) is 45.9 Å². The largest absolute Gasteiger partial charge is 0.378 e. The van der Waals surface area contributed by atoms with Gasteiger partial charge in [-0.3, -0.25) is 9.89 Å². The van der Waals surface area contributed by atoms with Crippen molar-refractivity contribution in [3.8, 4) is 0 Å². The van der Waals surface area contributed by atoms with Crippen LogP contribution in [0, 0.1) is 0 Å². The Balaban J connectivity index is 1.34. The van der Waals surface area contributed by atoms with Crippen LogP contribution in [-0.4, -0.2) is 56.3 Å². The zero-order valence-corrected chi connectivity index (χ0v) is 15.4. The minimum atomic E-state index is 0.437. The summed E-state index contributed by atoms with van der Waals surface area (Å²) in [4.78, 5) is 6.92. The van der Waals surface area contributed by atoms with Crippen LogP contribution in [0.3, 0.4) is 0 Å². The highest BCUT2D eigenvalue weighted by Crippen LogP contribution is 2.15. The number of nitrogens with zero attached hydrogens (tertiary/aromatic N) is 2. The summed E-state index contributed by atoms with van der Waals surface area (Å²) < 4.78 is 5.67. The van der Waals surface area contributed by atoms with Gasteiger partial charge in [-0.05, 0) is 37.7 Å². The Morgan fingerprint density at radius 1 is 1.20 bits per heavy atom. The van der Waals surface area contributed by atoms with E-state index in [1.165, 1.54) is 31.2 Å². The molecule has 2 heterocycles. The van der Waals surface area contributed by atoms with Crippen molar-refractivity contribution in [2.75, 3.05) is 33.3 Å². The second kappa shape index (κ2) is 9.78. The van der Waals surface area contributed by atoms with E-state index in [-0.39, 0.29) is 0 Å². The van der Waals surface area contributed by atoms with Crippen molar-refractivity contribution in [3.63, 3.8) is 0 Å². The molecule has 138 valence electrons. The fourth-order valence-electron chi connectivity index (χ4n) is 3.69. The SMILES string of the molecule is CN=C(NCCC1CCCO1)NC1CCN(Cc2ccccc2)CC1. The number of ether oxygens (including phenoxy) is 1. The number of rotatable bonds is 6. The highest BCUT2D eigenvalue weighted by molar-refractivity contribution is 5.79. The van der Waals surface area contributed by atoms with Crippen LogP contribution < -0.4 is 10.6 Å². The van der Waals surface area contributed by atoms with Crippen LogP contribution in [0.4, 0.5) is 0 Å². The van der Waals surface area contributed by atoms with Gasteiger partial charge in [0.25, 0.3) is 0 Å². The van der Waals surface area contributed by atoms with Crippen LogP contribution in [0.5, 0.6) is 0 Å². The average molecular weight is 345 g/mol. The molecular formula is C20H32N4O. The molecule has 2 aliphatic rings. The highest BCUT2D eigenvalue weighted by atomic mass is 16.5. The van der Waals surface area contributed by atoms with Gasteiger partial charge < -0.3 is 15.4 Å². The Labute approximate surface area is 151 Å². The minimum Gasteiger partial charge on any atom is -0.378 e. The molecule has 1 aromatic carbocycles. The van der Waals surface area contributed by atoms with Gasteiger partial charge in [-0.2, -0.15) is 0 Å². The second-order valence-corrected chi connectivity index (χ2v) is 7.10. The summed E-state index contributed by atoms with van der Waals surface area (Å²) >= 11 is 0. The van der Waals surface area contributed by atoms with E-state index in [9.17, 15) is 0 Å². The summed E-state index contributed by atoms with van der Waals surface area (Å²) in [6, 6.07) is 11.3. The Hall–Kier alpha value is -1.59. The molecular weight excluding hydrogens is 312 g/mol. The molecule has 0 saturated carbocycles. The van der Waals surface area contributed by atoms with Crippen molar-refractivity contribution in [1.29, 1.82) is 0 Å². The minimum absolute atomic E-state index is 0.437. The van der Waals surface area contributed by atoms with Crippen molar-refractivity contribution in [1.82, 2.24) is 15.5 Å². The summed E-state index contributed by atoms with van der Waals surface area (Å²) in [5.74, 6) is 0.930. The van der Waals surface area contributed by atoms with E-state index in [1.54, 1.807) is 0 Å². The Bertz CT molecular complexity index is 520. The number of benzene rings is 1. The molecule has 5 nitrogen and oxygen atoms in total. The molecule has 25 heavy (non-hydrogen) atoms. The summed E-state index contributed by atoms with van der Waals surface area (Å²) in [7, 11) is 1.85. The van der Waals surface area contributed by atoms with E-state index in [0.717, 1.165) is 45.2 Å². The number of guanidine groups is 1. The Morgan fingerprint density at radius 3 is 2.68 bits per heavy atom. The van der Waals surface area contributed by atoms with Gasteiger partial charge >= 0.3 is 0 Å². The predicted molar refractivity (Wildman–Crippen MR) is 103 cm³/mol. The van der Waals surface area contributed by atoms with Gasteiger partial charge in [-0.15, -0.1) is 0 Å². The molecule has 2 aliphatic heterocycles. The van der Waals surface area contributed by atoms with Gasteiger partial charge in [0.05, 0.1) is 6.10 Å². The van der Waals surface area contributed by atoms with Crippen molar-refractivity contribution in [2.24, 2.45) is 4.99 Å². The lowest BCUT2D eigenvalue weighted by Gasteiger charge is -2.33. The standard InChI is InChI=1S/C20H32N4O/c1-21-20(22-12-9-19-8-5-15-25-19)23-18-10-13-24(14-11-18)16-17-6-3-2-4-7-17/h2-4,6-7,18-19H,5,8-16H2,1H3,(H2,21,22,23). The molecule has 3 rings (SSSR count). The van der Waals surface area contributed by atoms with Gasteiger partial charge in [-0.25, -0.2) is 0 Å². The van der Waals surface area contributed by atoms with E-state index in [1.807, 2.05) is 7.05 Å². The Morgan fingerprint density at radius 2 is 2.00 bits per heavy atom. The third kappa shape index (κ3) is 6.01. The smallest absolute Gasteiger partial charge is 0.191 e. The maximum Gasteiger partial charge on any atom is 0.191 e. The highest BCUT2D eigenvalue weighted by Gasteiger charge is 2.20. The summed E-state index contributed by atoms with van der Waals surface area (Å²) in [5, 5.41) is 7.03. The fourth-order valence-corrected chi connectivity index (χ4v) is 3.69. The van der Waals surface area contributed by atoms with Crippen LogP contribution in [0.2, 0.25) is 0 Å². The molecule has 1 atom stereocenters. The first-order valence-electron chi connectivity index (χ1n) is 9.68. The molecule has 0 amide bonds. The van der Waals surface area contributed by atoms with Gasteiger partial charge in [0.1, 0.15) is 0 Å². The number of hydrogen-bond donors (Lipinski definition) is 2. The van der Waals surface area contributed by atoms with Crippen LogP contribution in [-0.2, 0) is 11.3 Å². The number of likely N-dealkylation sites (tertiary alicyclic amines) is 1. The monoisotopic (exact) mass is 344 g/mol. The zero-order chi connectivity index (χ0) is 17.3. The lowest BCUT2D eigenvalue weighted by molar-refractivity contribution is 0.105. The topological polar surface area (TPSA) is 48.9 Å².